The van der Waals surface area contributed by atoms with E-state index in [1.807, 2.05) is 13.8 Å². The monoisotopic (exact) mass is 481 g/mol. The molecule has 0 fully saturated rings. The number of rotatable bonds is 11. The second kappa shape index (κ2) is 11.8. The smallest absolute Gasteiger partial charge is 0.251 e. The van der Waals surface area contributed by atoms with Crippen molar-refractivity contribution in [2.45, 2.75) is 44.2 Å². The summed E-state index contributed by atoms with van der Waals surface area (Å²) < 4.78 is 33.4. The van der Waals surface area contributed by atoms with E-state index in [0.29, 0.717) is 5.02 Å². The van der Waals surface area contributed by atoms with E-state index in [2.05, 4.69) is 15.4 Å². The van der Waals surface area contributed by atoms with E-state index in [0.717, 1.165) is 12.0 Å². The Labute approximate surface area is 193 Å². The van der Waals surface area contributed by atoms with Crippen molar-refractivity contribution in [2.75, 3.05) is 13.7 Å². The Kier molecular flexibility index (Phi) is 9.49. The zero-order valence-electron chi connectivity index (χ0n) is 18.3. The third kappa shape index (κ3) is 7.51. The molecule has 0 saturated carbocycles. The van der Waals surface area contributed by atoms with E-state index in [1.54, 1.807) is 24.3 Å². The number of nitrogens with one attached hydrogen (secondary N) is 3. The van der Waals surface area contributed by atoms with Crippen molar-refractivity contribution in [1.29, 1.82) is 0 Å². The third-order valence-corrected chi connectivity index (χ3v) is 6.43. The molecule has 1 atom stereocenters. The van der Waals surface area contributed by atoms with Crippen molar-refractivity contribution < 1.29 is 22.7 Å². The summed E-state index contributed by atoms with van der Waals surface area (Å²) >= 11 is 5.85. The molecular formula is C22H28ClN3O5S. The number of hydrogen-bond acceptors (Lipinski definition) is 5. The molecule has 2 aromatic carbocycles. The van der Waals surface area contributed by atoms with Crippen molar-refractivity contribution in [1.82, 2.24) is 15.4 Å². The van der Waals surface area contributed by atoms with Gasteiger partial charge in [-0.05, 0) is 49.2 Å². The maximum atomic E-state index is 12.9. The van der Waals surface area contributed by atoms with E-state index in [1.165, 1.54) is 25.3 Å². The first-order valence-corrected chi connectivity index (χ1v) is 12.0. The topological polar surface area (TPSA) is 114 Å². The normalized spacial score (nSPS) is 12.1. The minimum Gasteiger partial charge on any atom is -0.495 e. The fourth-order valence-electron chi connectivity index (χ4n) is 2.73. The summed E-state index contributed by atoms with van der Waals surface area (Å²) in [5.41, 5.74) is 0.863. The maximum Gasteiger partial charge on any atom is 0.251 e. The average molecular weight is 482 g/mol. The second-order valence-electron chi connectivity index (χ2n) is 7.20. The van der Waals surface area contributed by atoms with Gasteiger partial charge < -0.3 is 15.4 Å². The summed E-state index contributed by atoms with van der Waals surface area (Å²) in [6.07, 6.45) is 0.938. The molecule has 2 aromatic rings. The highest BCUT2D eigenvalue weighted by molar-refractivity contribution is 7.89. The molecule has 2 amide bonds. The summed E-state index contributed by atoms with van der Waals surface area (Å²) in [5, 5.41) is 6.00. The van der Waals surface area contributed by atoms with Crippen molar-refractivity contribution in [2.24, 2.45) is 0 Å². The van der Waals surface area contributed by atoms with Crippen molar-refractivity contribution in [3.05, 3.63) is 58.6 Å². The highest BCUT2D eigenvalue weighted by Crippen LogP contribution is 2.25. The molecule has 32 heavy (non-hydrogen) atoms. The lowest BCUT2D eigenvalue weighted by Crippen LogP contribution is -2.35. The lowest BCUT2D eigenvalue weighted by molar-refractivity contribution is -0.121. The van der Waals surface area contributed by atoms with Crippen LogP contribution in [0.5, 0.6) is 5.75 Å². The van der Waals surface area contributed by atoms with Gasteiger partial charge in [-0.2, -0.15) is 0 Å². The highest BCUT2D eigenvalue weighted by Gasteiger charge is 2.21. The van der Waals surface area contributed by atoms with Gasteiger partial charge in [0.1, 0.15) is 10.6 Å². The van der Waals surface area contributed by atoms with Crippen LogP contribution in [0.25, 0.3) is 0 Å². The van der Waals surface area contributed by atoms with Crippen LogP contribution >= 0.6 is 11.6 Å². The van der Waals surface area contributed by atoms with Gasteiger partial charge in [-0.1, -0.05) is 30.7 Å². The SMILES string of the molecule is CCC(C)NC(=O)CCNC(=O)c1ccc(OC)c(S(=O)(=O)NCc2ccc(Cl)cc2)c1. The van der Waals surface area contributed by atoms with Gasteiger partial charge in [0.15, 0.2) is 0 Å². The predicted octanol–water partition coefficient (Wildman–Crippen LogP) is 2.86. The van der Waals surface area contributed by atoms with Crippen LogP contribution in [0.3, 0.4) is 0 Å². The standard InChI is InChI=1S/C22H28ClN3O5S/c1-4-15(2)26-21(27)11-12-24-22(28)17-7-10-19(31-3)20(13-17)32(29,30)25-14-16-5-8-18(23)9-6-16/h5-10,13,15,25H,4,11-12,14H2,1-3H3,(H,24,28)(H,26,27). The Balaban J connectivity index is 2.07. The molecule has 174 valence electrons. The molecule has 10 heteroatoms. The molecule has 3 N–H and O–H groups in total. The number of carbonyl (C=O) groups excluding carboxylic acids is 2. The van der Waals surface area contributed by atoms with Gasteiger partial charge in [-0.15, -0.1) is 0 Å². The summed E-state index contributed by atoms with van der Waals surface area (Å²) in [4.78, 5) is 24.2. The molecule has 0 radical (unpaired) electrons. The van der Waals surface area contributed by atoms with Crippen molar-refractivity contribution >= 4 is 33.4 Å². The second-order valence-corrected chi connectivity index (χ2v) is 9.37. The largest absolute Gasteiger partial charge is 0.495 e. The third-order valence-electron chi connectivity index (χ3n) is 4.75. The molecule has 0 aliphatic rings. The summed E-state index contributed by atoms with van der Waals surface area (Å²) in [6, 6.07) is 10.9. The Morgan fingerprint density at radius 3 is 2.44 bits per heavy atom. The molecule has 0 aliphatic heterocycles. The van der Waals surface area contributed by atoms with E-state index in [4.69, 9.17) is 16.3 Å². The van der Waals surface area contributed by atoms with Gasteiger partial charge >= 0.3 is 0 Å². The molecule has 0 saturated heterocycles. The van der Waals surface area contributed by atoms with Crippen molar-refractivity contribution in [3.8, 4) is 5.75 Å². The van der Waals surface area contributed by atoms with Gasteiger partial charge in [-0.3, -0.25) is 9.59 Å². The van der Waals surface area contributed by atoms with Gasteiger partial charge in [0.2, 0.25) is 15.9 Å². The number of methoxy groups -OCH3 is 1. The van der Waals surface area contributed by atoms with Crippen LogP contribution in [0.15, 0.2) is 47.4 Å². The molecule has 0 aliphatic carbocycles. The maximum absolute atomic E-state index is 12.9. The van der Waals surface area contributed by atoms with E-state index < -0.39 is 15.9 Å². The molecule has 0 aromatic heterocycles. The quantitative estimate of drug-likeness (QED) is 0.456. The number of sulfonamides is 1. The van der Waals surface area contributed by atoms with E-state index in [9.17, 15) is 18.0 Å². The van der Waals surface area contributed by atoms with Gasteiger partial charge in [0, 0.05) is 36.1 Å². The molecule has 0 spiro atoms. The van der Waals surface area contributed by atoms with Crippen LogP contribution in [-0.2, 0) is 21.4 Å². The van der Waals surface area contributed by atoms with Gasteiger partial charge in [-0.25, -0.2) is 13.1 Å². The summed E-state index contributed by atoms with van der Waals surface area (Å²) in [5.74, 6) is -0.541. The molecule has 8 nitrogen and oxygen atoms in total. The number of hydrogen-bond donors (Lipinski definition) is 3. The van der Waals surface area contributed by atoms with Crippen molar-refractivity contribution in [3.63, 3.8) is 0 Å². The Hall–Kier alpha value is -2.62. The fourth-order valence-corrected chi connectivity index (χ4v) is 4.06. The predicted molar refractivity (Wildman–Crippen MR) is 123 cm³/mol. The van der Waals surface area contributed by atoms with Crippen LogP contribution < -0.4 is 20.1 Å². The first-order chi connectivity index (χ1) is 15.2. The average Bonchev–Trinajstić information content (AvgIpc) is 2.78. The minimum atomic E-state index is -3.97. The zero-order chi connectivity index (χ0) is 23.7. The fraction of sp³-hybridized carbons (Fsp3) is 0.364. The summed E-state index contributed by atoms with van der Waals surface area (Å²) in [6.45, 7) is 4.04. The van der Waals surface area contributed by atoms with E-state index in [-0.39, 0.29) is 47.7 Å². The molecule has 2 rings (SSSR count). The van der Waals surface area contributed by atoms with Crippen LogP contribution in [0.1, 0.15) is 42.6 Å². The van der Waals surface area contributed by atoms with Gasteiger partial charge in [0.05, 0.1) is 7.11 Å². The molecule has 1 unspecified atom stereocenters. The Morgan fingerprint density at radius 1 is 1.12 bits per heavy atom. The molecule has 0 bridgehead atoms. The number of amides is 2. The number of benzene rings is 2. The first kappa shape index (κ1) is 25.6. The number of ether oxygens (including phenoxy) is 1. The zero-order valence-corrected chi connectivity index (χ0v) is 19.8. The summed E-state index contributed by atoms with van der Waals surface area (Å²) in [7, 11) is -2.62. The van der Waals surface area contributed by atoms with Crippen LogP contribution in [0.2, 0.25) is 5.02 Å². The first-order valence-electron chi connectivity index (χ1n) is 10.2. The van der Waals surface area contributed by atoms with E-state index >= 15 is 0 Å². The molecular weight excluding hydrogens is 454 g/mol. The lowest BCUT2D eigenvalue weighted by atomic mass is 10.2. The Bertz CT molecular complexity index is 1040. The molecule has 0 heterocycles. The van der Waals surface area contributed by atoms with Crippen LogP contribution in [-0.4, -0.2) is 39.9 Å². The number of halogens is 1. The minimum absolute atomic E-state index is 0.0460. The Morgan fingerprint density at radius 2 is 1.81 bits per heavy atom. The number of carbonyl (C=O) groups is 2. The lowest BCUT2D eigenvalue weighted by Gasteiger charge is -2.13. The van der Waals surface area contributed by atoms with Crippen LogP contribution in [0, 0.1) is 0 Å². The highest BCUT2D eigenvalue weighted by atomic mass is 35.5. The van der Waals surface area contributed by atoms with Crippen LogP contribution in [0.4, 0.5) is 0 Å². The van der Waals surface area contributed by atoms with Gasteiger partial charge in [0.25, 0.3) is 5.91 Å².